The fraction of sp³-hybridized carbons (Fsp3) is 0.700. The molecule has 9 heteroatoms. The Bertz CT molecular complexity index is 359. The minimum absolute atomic E-state index is 0.265. The summed E-state index contributed by atoms with van der Waals surface area (Å²) in [5, 5.41) is 0. The lowest BCUT2D eigenvalue weighted by Gasteiger charge is -2.30. The maximum Gasteiger partial charge on any atom is 0.431 e. The third-order valence-corrected chi connectivity index (χ3v) is 2.16. The van der Waals surface area contributed by atoms with E-state index >= 15 is 0 Å². The molecule has 1 unspecified atom stereocenters. The molecular weight excluding hydrogens is 279 g/mol. The SMILES string of the molecule is C=C(C)C(=O)OC(C(F)(F)F)C(F)(F)C1OCCO1. The quantitative estimate of drug-likeness (QED) is 0.451. The standard InChI is InChI=1S/C10H11F5O4/c1-5(2)6(16)19-7(10(13,14)15)9(11,12)8-17-3-4-18-8/h7-8H,1,3-4H2,2H3. The van der Waals surface area contributed by atoms with Gasteiger partial charge < -0.3 is 14.2 Å². The maximum atomic E-state index is 13.6. The molecule has 19 heavy (non-hydrogen) atoms. The molecule has 1 aliphatic heterocycles. The van der Waals surface area contributed by atoms with Crippen LogP contribution in [0.4, 0.5) is 22.0 Å². The van der Waals surface area contributed by atoms with Crippen molar-refractivity contribution < 1.29 is 41.0 Å². The normalized spacial score (nSPS) is 19.3. The van der Waals surface area contributed by atoms with Crippen molar-refractivity contribution in [2.75, 3.05) is 13.2 Å². The van der Waals surface area contributed by atoms with Crippen molar-refractivity contribution in [2.45, 2.75) is 31.4 Å². The molecule has 110 valence electrons. The zero-order chi connectivity index (χ0) is 14.8. The van der Waals surface area contributed by atoms with Crippen molar-refractivity contribution in [2.24, 2.45) is 0 Å². The van der Waals surface area contributed by atoms with Crippen LogP contribution in [-0.4, -0.2) is 43.7 Å². The van der Waals surface area contributed by atoms with Gasteiger partial charge in [-0.05, 0) is 6.92 Å². The zero-order valence-electron chi connectivity index (χ0n) is 9.80. The molecule has 4 nitrogen and oxygen atoms in total. The number of alkyl halides is 5. The summed E-state index contributed by atoms with van der Waals surface area (Å²) in [6, 6.07) is 0. The van der Waals surface area contributed by atoms with Crippen LogP contribution in [0.25, 0.3) is 0 Å². The van der Waals surface area contributed by atoms with Crippen LogP contribution in [0.3, 0.4) is 0 Å². The van der Waals surface area contributed by atoms with Crippen LogP contribution >= 0.6 is 0 Å². The molecule has 0 aromatic carbocycles. The molecule has 0 radical (unpaired) electrons. The summed E-state index contributed by atoms with van der Waals surface area (Å²) >= 11 is 0. The first-order chi connectivity index (χ1) is 8.56. The van der Waals surface area contributed by atoms with Crippen molar-refractivity contribution in [3.8, 4) is 0 Å². The van der Waals surface area contributed by atoms with Crippen LogP contribution in [0.15, 0.2) is 12.2 Å². The number of carbonyl (C=O) groups is 1. The Hall–Kier alpha value is -1.22. The number of hydrogen-bond donors (Lipinski definition) is 0. The Labute approximate surface area is 105 Å². The highest BCUT2D eigenvalue weighted by molar-refractivity contribution is 5.87. The molecule has 1 saturated heterocycles. The molecule has 1 rings (SSSR count). The van der Waals surface area contributed by atoms with Gasteiger partial charge in [-0.2, -0.15) is 22.0 Å². The van der Waals surface area contributed by atoms with Gasteiger partial charge >= 0.3 is 18.1 Å². The van der Waals surface area contributed by atoms with Gasteiger partial charge in [0.05, 0.1) is 13.2 Å². The topological polar surface area (TPSA) is 44.8 Å². The first-order valence-electron chi connectivity index (χ1n) is 5.11. The molecule has 1 fully saturated rings. The lowest BCUT2D eigenvalue weighted by Crippen LogP contribution is -2.54. The summed E-state index contributed by atoms with van der Waals surface area (Å²) in [5.41, 5.74) is -0.432. The van der Waals surface area contributed by atoms with E-state index in [1.54, 1.807) is 0 Å². The van der Waals surface area contributed by atoms with Crippen molar-refractivity contribution in [3.05, 3.63) is 12.2 Å². The molecular formula is C10H11F5O4. The van der Waals surface area contributed by atoms with Gasteiger partial charge in [-0.15, -0.1) is 0 Å². The minimum atomic E-state index is -5.47. The molecule has 0 saturated carbocycles. The van der Waals surface area contributed by atoms with Gasteiger partial charge in [0.2, 0.25) is 6.29 Å². The number of ether oxygens (including phenoxy) is 3. The predicted octanol–water partition coefficient (Wildman–Crippen LogP) is 2.04. The van der Waals surface area contributed by atoms with E-state index in [9.17, 15) is 26.7 Å². The summed E-state index contributed by atoms with van der Waals surface area (Å²) in [4.78, 5) is 11.0. The summed E-state index contributed by atoms with van der Waals surface area (Å²) in [6.45, 7) is 3.53. The Morgan fingerprint density at radius 2 is 1.74 bits per heavy atom. The van der Waals surface area contributed by atoms with E-state index in [0.29, 0.717) is 0 Å². The zero-order valence-corrected chi connectivity index (χ0v) is 9.80. The minimum Gasteiger partial charge on any atom is -0.443 e. The predicted molar refractivity (Wildman–Crippen MR) is 51.4 cm³/mol. The van der Waals surface area contributed by atoms with Crippen LogP contribution in [-0.2, 0) is 19.0 Å². The highest BCUT2D eigenvalue weighted by atomic mass is 19.4. The van der Waals surface area contributed by atoms with Crippen molar-refractivity contribution >= 4 is 5.97 Å². The second-order valence-electron chi connectivity index (χ2n) is 3.86. The Balaban J connectivity index is 2.96. The molecule has 0 spiro atoms. The number of carbonyl (C=O) groups excluding carboxylic acids is 1. The van der Waals surface area contributed by atoms with Gasteiger partial charge in [-0.1, -0.05) is 6.58 Å². The Kier molecular flexibility index (Phi) is 4.51. The lowest BCUT2D eigenvalue weighted by molar-refractivity contribution is -0.320. The largest absolute Gasteiger partial charge is 0.443 e. The average molecular weight is 290 g/mol. The van der Waals surface area contributed by atoms with E-state index in [1.165, 1.54) is 0 Å². The van der Waals surface area contributed by atoms with Crippen LogP contribution in [0.5, 0.6) is 0 Å². The van der Waals surface area contributed by atoms with E-state index in [1.807, 2.05) is 0 Å². The van der Waals surface area contributed by atoms with E-state index in [0.717, 1.165) is 6.92 Å². The molecule has 1 aliphatic rings. The second kappa shape index (κ2) is 5.41. The Morgan fingerprint density at radius 1 is 1.26 bits per heavy atom. The first-order valence-corrected chi connectivity index (χ1v) is 5.11. The lowest BCUT2D eigenvalue weighted by atomic mass is 10.1. The van der Waals surface area contributed by atoms with Gasteiger partial charge in [0.25, 0.3) is 6.10 Å². The summed E-state index contributed by atoms with van der Waals surface area (Å²) in [5.74, 6) is -6.13. The van der Waals surface area contributed by atoms with E-state index in [-0.39, 0.29) is 13.2 Å². The monoisotopic (exact) mass is 290 g/mol. The van der Waals surface area contributed by atoms with Gasteiger partial charge in [0.1, 0.15) is 0 Å². The molecule has 0 bridgehead atoms. The molecule has 1 heterocycles. The fourth-order valence-electron chi connectivity index (χ4n) is 1.28. The number of hydrogen-bond acceptors (Lipinski definition) is 4. The van der Waals surface area contributed by atoms with Gasteiger partial charge in [-0.3, -0.25) is 0 Å². The second-order valence-corrected chi connectivity index (χ2v) is 3.86. The maximum absolute atomic E-state index is 13.6. The fourth-order valence-corrected chi connectivity index (χ4v) is 1.28. The van der Waals surface area contributed by atoms with E-state index in [2.05, 4.69) is 20.8 Å². The van der Waals surface area contributed by atoms with Crippen LogP contribution < -0.4 is 0 Å². The number of rotatable bonds is 4. The molecule has 0 aromatic heterocycles. The van der Waals surface area contributed by atoms with Crippen molar-refractivity contribution in [1.29, 1.82) is 0 Å². The first kappa shape index (κ1) is 15.8. The molecule has 0 amide bonds. The highest BCUT2D eigenvalue weighted by Gasteiger charge is 2.64. The smallest absolute Gasteiger partial charge is 0.431 e. The van der Waals surface area contributed by atoms with Crippen LogP contribution in [0, 0.1) is 0 Å². The third-order valence-electron chi connectivity index (χ3n) is 2.16. The summed E-state index contributed by atoms with van der Waals surface area (Å²) in [7, 11) is 0. The molecule has 0 N–H and O–H groups in total. The van der Waals surface area contributed by atoms with Crippen LogP contribution in [0.2, 0.25) is 0 Å². The van der Waals surface area contributed by atoms with Gasteiger partial charge in [0.15, 0.2) is 0 Å². The number of esters is 1. The van der Waals surface area contributed by atoms with Crippen molar-refractivity contribution in [1.82, 2.24) is 0 Å². The Morgan fingerprint density at radius 3 is 2.11 bits per heavy atom. The van der Waals surface area contributed by atoms with Gasteiger partial charge in [-0.25, -0.2) is 4.79 Å². The molecule has 0 aliphatic carbocycles. The average Bonchev–Trinajstić information content (AvgIpc) is 2.77. The van der Waals surface area contributed by atoms with Gasteiger partial charge in [0, 0.05) is 5.57 Å². The summed E-state index contributed by atoms with van der Waals surface area (Å²) in [6.07, 6.45) is -11.5. The van der Waals surface area contributed by atoms with Crippen molar-refractivity contribution in [3.63, 3.8) is 0 Å². The van der Waals surface area contributed by atoms with E-state index in [4.69, 9.17) is 0 Å². The van der Waals surface area contributed by atoms with Crippen LogP contribution in [0.1, 0.15) is 6.92 Å². The van der Waals surface area contributed by atoms with E-state index < -0.39 is 36.0 Å². The summed E-state index contributed by atoms with van der Waals surface area (Å²) < 4.78 is 77.5. The highest BCUT2D eigenvalue weighted by Crippen LogP contribution is 2.39. The molecule has 1 atom stereocenters. The third kappa shape index (κ3) is 3.63. The number of halogens is 5. The molecule has 0 aromatic rings.